The first-order valence-electron chi connectivity index (χ1n) is 9.65. The molecule has 0 bridgehead atoms. The van der Waals surface area contributed by atoms with Gasteiger partial charge >= 0.3 is 5.97 Å². The summed E-state index contributed by atoms with van der Waals surface area (Å²) in [4.78, 5) is 26.6. The summed E-state index contributed by atoms with van der Waals surface area (Å²) in [5.41, 5.74) is 0. The summed E-state index contributed by atoms with van der Waals surface area (Å²) in [6.45, 7) is 2.78. The van der Waals surface area contributed by atoms with E-state index in [4.69, 9.17) is 4.74 Å². The number of carbonyl (C=O) groups is 2. The lowest BCUT2D eigenvalue weighted by Crippen LogP contribution is -2.43. The van der Waals surface area contributed by atoms with Gasteiger partial charge in [-0.1, -0.05) is 38.5 Å². The lowest BCUT2D eigenvalue weighted by atomic mass is 9.86. The largest absolute Gasteiger partial charge is 0.466 e. The van der Waals surface area contributed by atoms with Crippen molar-refractivity contribution in [1.29, 1.82) is 0 Å². The first kappa shape index (κ1) is 18.3. The van der Waals surface area contributed by atoms with E-state index < -0.39 is 0 Å². The van der Waals surface area contributed by atoms with Gasteiger partial charge in [0.05, 0.1) is 13.0 Å². The summed E-state index contributed by atoms with van der Waals surface area (Å²) < 4.78 is 5.03. The lowest BCUT2D eigenvalue weighted by molar-refractivity contribution is -0.144. The average Bonchev–Trinajstić information content (AvgIpc) is 2.57. The molecule has 2 fully saturated rings. The van der Waals surface area contributed by atoms with Crippen LogP contribution in [0.15, 0.2) is 0 Å². The SMILES string of the molecule is CCOC(=O)CCN(C(=O)CC1CCCCC1)C1CCCCC1. The van der Waals surface area contributed by atoms with Gasteiger partial charge in [-0.2, -0.15) is 0 Å². The Morgan fingerprint density at radius 2 is 1.57 bits per heavy atom. The second-order valence-electron chi connectivity index (χ2n) is 7.14. The Kier molecular flexibility index (Phi) is 7.90. The number of nitrogens with zero attached hydrogens (tertiary/aromatic N) is 1. The van der Waals surface area contributed by atoms with Crippen molar-refractivity contribution in [2.45, 2.75) is 90.0 Å². The highest BCUT2D eigenvalue weighted by Crippen LogP contribution is 2.29. The van der Waals surface area contributed by atoms with Crippen molar-refractivity contribution in [2.75, 3.05) is 13.2 Å². The monoisotopic (exact) mass is 323 g/mol. The van der Waals surface area contributed by atoms with Crippen molar-refractivity contribution in [2.24, 2.45) is 5.92 Å². The van der Waals surface area contributed by atoms with Crippen molar-refractivity contribution in [1.82, 2.24) is 4.90 Å². The van der Waals surface area contributed by atoms with E-state index in [1.165, 1.54) is 51.4 Å². The molecule has 0 saturated heterocycles. The van der Waals surface area contributed by atoms with Gasteiger partial charge in [-0.3, -0.25) is 9.59 Å². The van der Waals surface area contributed by atoms with Crippen LogP contribution in [0.2, 0.25) is 0 Å². The molecule has 0 spiro atoms. The fraction of sp³-hybridized carbons (Fsp3) is 0.895. The van der Waals surface area contributed by atoms with Gasteiger partial charge in [0.25, 0.3) is 0 Å². The van der Waals surface area contributed by atoms with E-state index in [2.05, 4.69) is 0 Å². The first-order chi connectivity index (χ1) is 11.2. The average molecular weight is 323 g/mol. The molecule has 4 nitrogen and oxygen atoms in total. The molecule has 0 aromatic carbocycles. The Hall–Kier alpha value is -1.06. The number of ether oxygens (including phenoxy) is 1. The smallest absolute Gasteiger partial charge is 0.307 e. The lowest BCUT2D eigenvalue weighted by Gasteiger charge is -2.35. The van der Waals surface area contributed by atoms with Gasteiger partial charge < -0.3 is 9.64 Å². The standard InChI is InChI=1S/C19H33NO3/c1-2-23-19(22)13-14-20(17-11-7-4-8-12-17)18(21)15-16-9-5-3-6-10-16/h16-17H,2-15H2,1H3. The molecule has 0 aliphatic heterocycles. The zero-order valence-corrected chi connectivity index (χ0v) is 14.7. The predicted octanol–water partition coefficient (Wildman–Crippen LogP) is 4.07. The molecule has 0 unspecified atom stereocenters. The zero-order chi connectivity index (χ0) is 16.5. The summed E-state index contributed by atoms with van der Waals surface area (Å²) in [5, 5.41) is 0. The van der Waals surface area contributed by atoms with Crippen LogP contribution in [0.25, 0.3) is 0 Å². The Labute approximate surface area is 140 Å². The van der Waals surface area contributed by atoms with Crippen molar-refractivity contribution in [3.05, 3.63) is 0 Å². The summed E-state index contributed by atoms with van der Waals surface area (Å²) in [7, 11) is 0. The van der Waals surface area contributed by atoms with E-state index in [0.717, 1.165) is 12.8 Å². The van der Waals surface area contributed by atoms with E-state index in [-0.39, 0.29) is 11.9 Å². The minimum atomic E-state index is -0.182. The Bertz CT molecular complexity index is 371. The van der Waals surface area contributed by atoms with Gasteiger partial charge in [0.15, 0.2) is 0 Å². The molecule has 0 heterocycles. The van der Waals surface area contributed by atoms with Crippen LogP contribution in [-0.2, 0) is 14.3 Å². The fourth-order valence-electron chi connectivity index (χ4n) is 4.10. The molecular formula is C19H33NO3. The molecule has 2 aliphatic carbocycles. The Balaban J connectivity index is 1.90. The predicted molar refractivity (Wildman–Crippen MR) is 91.0 cm³/mol. The maximum Gasteiger partial charge on any atom is 0.307 e. The number of carbonyl (C=O) groups excluding carboxylic acids is 2. The molecule has 2 aliphatic rings. The highest BCUT2D eigenvalue weighted by atomic mass is 16.5. The van der Waals surface area contributed by atoms with Crippen LogP contribution in [0, 0.1) is 5.92 Å². The number of amides is 1. The van der Waals surface area contributed by atoms with Gasteiger partial charge in [-0.15, -0.1) is 0 Å². The molecule has 2 saturated carbocycles. The molecule has 0 atom stereocenters. The van der Waals surface area contributed by atoms with E-state index in [0.29, 0.717) is 38.0 Å². The van der Waals surface area contributed by atoms with Gasteiger partial charge in [0.1, 0.15) is 0 Å². The van der Waals surface area contributed by atoms with E-state index in [1.54, 1.807) is 0 Å². The molecule has 0 aromatic rings. The fourth-order valence-corrected chi connectivity index (χ4v) is 4.10. The third-order valence-corrected chi connectivity index (χ3v) is 5.39. The van der Waals surface area contributed by atoms with E-state index >= 15 is 0 Å². The molecule has 23 heavy (non-hydrogen) atoms. The van der Waals surface area contributed by atoms with Crippen molar-refractivity contribution in [3.63, 3.8) is 0 Å². The third-order valence-electron chi connectivity index (χ3n) is 5.39. The van der Waals surface area contributed by atoms with E-state index in [1.807, 2.05) is 11.8 Å². The van der Waals surface area contributed by atoms with Crippen molar-refractivity contribution >= 4 is 11.9 Å². The van der Waals surface area contributed by atoms with Crippen LogP contribution in [0.1, 0.15) is 84.0 Å². The summed E-state index contributed by atoms with van der Waals surface area (Å²) in [6, 6.07) is 0.342. The van der Waals surface area contributed by atoms with Crippen LogP contribution in [0.3, 0.4) is 0 Å². The number of hydrogen-bond donors (Lipinski definition) is 0. The highest BCUT2D eigenvalue weighted by Gasteiger charge is 2.28. The molecule has 4 heteroatoms. The van der Waals surface area contributed by atoms with Crippen molar-refractivity contribution < 1.29 is 14.3 Å². The molecule has 132 valence electrons. The van der Waals surface area contributed by atoms with Crippen LogP contribution in [0.4, 0.5) is 0 Å². The topological polar surface area (TPSA) is 46.6 Å². The van der Waals surface area contributed by atoms with Gasteiger partial charge in [-0.25, -0.2) is 0 Å². The second-order valence-corrected chi connectivity index (χ2v) is 7.14. The summed E-state index contributed by atoms with van der Waals surface area (Å²) in [6.07, 6.45) is 13.1. The second kappa shape index (κ2) is 9.94. The van der Waals surface area contributed by atoms with Gasteiger partial charge in [-0.05, 0) is 38.5 Å². The number of rotatable bonds is 7. The van der Waals surface area contributed by atoms with E-state index in [9.17, 15) is 9.59 Å². The Morgan fingerprint density at radius 3 is 2.17 bits per heavy atom. The summed E-state index contributed by atoms with van der Waals surface area (Å²) >= 11 is 0. The van der Waals surface area contributed by atoms with Crippen LogP contribution >= 0.6 is 0 Å². The molecule has 1 amide bonds. The molecular weight excluding hydrogens is 290 g/mol. The van der Waals surface area contributed by atoms with Crippen molar-refractivity contribution in [3.8, 4) is 0 Å². The molecule has 0 aromatic heterocycles. The molecule has 0 radical (unpaired) electrons. The van der Waals surface area contributed by atoms with Crippen LogP contribution in [-0.4, -0.2) is 36.0 Å². The normalized spacial score (nSPS) is 20.2. The molecule has 0 N–H and O–H groups in total. The molecule has 2 rings (SSSR count). The van der Waals surface area contributed by atoms with Gasteiger partial charge in [0, 0.05) is 19.0 Å². The first-order valence-corrected chi connectivity index (χ1v) is 9.65. The highest BCUT2D eigenvalue weighted by molar-refractivity contribution is 5.78. The minimum Gasteiger partial charge on any atom is -0.466 e. The van der Waals surface area contributed by atoms with Crippen LogP contribution in [0.5, 0.6) is 0 Å². The quantitative estimate of drug-likeness (QED) is 0.663. The number of esters is 1. The third kappa shape index (κ3) is 6.15. The summed E-state index contributed by atoms with van der Waals surface area (Å²) in [5.74, 6) is 0.650. The zero-order valence-electron chi connectivity index (χ0n) is 14.7. The van der Waals surface area contributed by atoms with Crippen LogP contribution < -0.4 is 0 Å². The number of hydrogen-bond acceptors (Lipinski definition) is 3. The Morgan fingerprint density at radius 1 is 0.957 bits per heavy atom. The maximum absolute atomic E-state index is 12.9. The maximum atomic E-state index is 12.9. The van der Waals surface area contributed by atoms with Gasteiger partial charge in [0.2, 0.25) is 5.91 Å². The minimum absolute atomic E-state index is 0.182.